The molecule has 196 valence electrons. The molecule has 38 heavy (non-hydrogen) atoms. The number of halogens is 4. The summed E-state index contributed by atoms with van der Waals surface area (Å²) in [6, 6.07) is 12.7. The van der Waals surface area contributed by atoms with Crippen LogP contribution in [0.5, 0.6) is 5.75 Å². The maximum absolute atomic E-state index is 13.9. The van der Waals surface area contributed by atoms with Crippen molar-refractivity contribution in [3.05, 3.63) is 70.8 Å². The van der Waals surface area contributed by atoms with E-state index in [1.807, 2.05) is 6.08 Å². The van der Waals surface area contributed by atoms with E-state index < -0.39 is 45.2 Å². The van der Waals surface area contributed by atoms with Crippen molar-refractivity contribution < 1.29 is 24.3 Å². The zero-order valence-corrected chi connectivity index (χ0v) is 23.5. The van der Waals surface area contributed by atoms with Crippen molar-refractivity contribution in [2.45, 2.75) is 28.5 Å². The lowest BCUT2D eigenvalue weighted by Crippen LogP contribution is -2.60. The number of rotatable bonds is 3. The van der Waals surface area contributed by atoms with E-state index in [1.54, 1.807) is 36.4 Å². The van der Waals surface area contributed by atoms with Crippen LogP contribution >= 0.6 is 50.7 Å². The second-order valence-electron chi connectivity index (χ2n) is 10.1. The highest BCUT2D eigenvalue weighted by Gasteiger charge is 2.76. The van der Waals surface area contributed by atoms with Gasteiger partial charge in [-0.3, -0.25) is 29.0 Å². The van der Waals surface area contributed by atoms with Crippen LogP contribution in [0, 0.1) is 17.8 Å². The third-order valence-corrected chi connectivity index (χ3v) is 10.5. The maximum Gasteiger partial charge on any atom is 0.254 e. The molecule has 4 amide bonds. The zero-order chi connectivity index (χ0) is 27.1. The first-order valence-electron chi connectivity index (χ1n) is 12.0. The van der Waals surface area contributed by atoms with Crippen LogP contribution in [0.25, 0.3) is 0 Å². The molecule has 2 aliphatic carbocycles. The smallest absolute Gasteiger partial charge is 0.254 e. The zero-order valence-electron chi connectivity index (χ0n) is 19.6. The number of aromatic hydroxyl groups is 1. The molecule has 2 aromatic carbocycles. The van der Waals surface area contributed by atoms with Crippen molar-refractivity contribution >= 4 is 80.0 Å². The lowest BCUT2D eigenvalue weighted by Gasteiger charge is -2.50. The quantitative estimate of drug-likeness (QED) is 0.222. The fraction of sp³-hybridized carbons (Fsp3) is 0.333. The number of phenols is 1. The molecule has 3 fully saturated rings. The molecule has 1 N–H and O–H groups in total. The molecule has 1 saturated carbocycles. The van der Waals surface area contributed by atoms with Gasteiger partial charge in [0.05, 0.1) is 23.0 Å². The number of imide groups is 2. The summed E-state index contributed by atoms with van der Waals surface area (Å²) in [4.78, 5) is 53.1. The van der Waals surface area contributed by atoms with Crippen molar-refractivity contribution in [2.75, 3.05) is 10.4 Å². The van der Waals surface area contributed by atoms with Crippen molar-refractivity contribution in [3.8, 4) is 5.75 Å². The van der Waals surface area contributed by atoms with Gasteiger partial charge in [-0.2, -0.15) is 0 Å². The number of carbonyl (C=O) groups excluding carboxylic acids is 4. The van der Waals surface area contributed by atoms with Crippen LogP contribution in [0.3, 0.4) is 0 Å². The summed E-state index contributed by atoms with van der Waals surface area (Å²) in [7, 11) is 0. The molecule has 2 heterocycles. The van der Waals surface area contributed by atoms with E-state index in [1.165, 1.54) is 17.0 Å². The van der Waals surface area contributed by atoms with Crippen LogP contribution in [0.15, 0.2) is 60.2 Å². The summed E-state index contributed by atoms with van der Waals surface area (Å²) in [6.07, 6.45) is 2.06. The summed E-state index contributed by atoms with van der Waals surface area (Å²) in [5.74, 6) is -4.89. The molecule has 0 radical (unpaired) electrons. The van der Waals surface area contributed by atoms with Gasteiger partial charge in [-0.25, -0.2) is 0 Å². The number of hydrogen-bond acceptors (Lipinski definition) is 5. The highest BCUT2D eigenvalue weighted by molar-refractivity contribution is 9.09. The summed E-state index contributed by atoms with van der Waals surface area (Å²) in [5.41, 5.74) is 1.59. The topological polar surface area (TPSA) is 95.0 Å². The Labute approximate surface area is 241 Å². The summed E-state index contributed by atoms with van der Waals surface area (Å²) < 4.78 is 0. The number of allylic oxidation sites excluding steroid dienone is 2. The number of fused-ring (bicyclic) bond motifs is 4. The number of benzene rings is 2. The Morgan fingerprint density at radius 2 is 1.58 bits per heavy atom. The first-order chi connectivity index (χ1) is 18.0. The molecule has 2 aliphatic heterocycles. The van der Waals surface area contributed by atoms with E-state index in [-0.39, 0.29) is 35.9 Å². The predicted octanol–water partition coefficient (Wildman–Crippen LogP) is 4.96. The normalized spacial score (nSPS) is 34.3. The molecule has 6 atom stereocenters. The van der Waals surface area contributed by atoms with Gasteiger partial charge in [0.1, 0.15) is 5.75 Å². The highest BCUT2D eigenvalue weighted by atomic mass is 79.9. The van der Waals surface area contributed by atoms with Crippen molar-refractivity contribution in [1.82, 2.24) is 4.90 Å². The largest absolute Gasteiger partial charge is 0.508 e. The summed E-state index contributed by atoms with van der Waals surface area (Å²) in [5, 5.41) is 10.4. The Bertz CT molecular complexity index is 1430. The van der Waals surface area contributed by atoms with Gasteiger partial charge >= 0.3 is 0 Å². The maximum atomic E-state index is 13.9. The lowest BCUT2D eigenvalue weighted by atomic mass is 9.56. The molecule has 4 aliphatic rings. The van der Waals surface area contributed by atoms with E-state index in [2.05, 4.69) is 15.9 Å². The van der Waals surface area contributed by atoms with Crippen LogP contribution in [0.1, 0.15) is 24.3 Å². The van der Waals surface area contributed by atoms with E-state index in [4.69, 9.17) is 34.8 Å². The molecular formula is C27H20BrCl3N2O5. The van der Waals surface area contributed by atoms with Crippen LogP contribution < -0.4 is 4.90 Å². The van der Waals surface area contributed by atoms with Gasteiger partial charge in [-0.05, 0) is 60.7 Å². The van der Waals surface area contributed by atoms with Crippen LogP contribution in [0.2, 0.25) is 5.02 Å². The standard InChI is InChI=1S/C27H20BrCl3N2O5/c28-12-32-24(37)26(30)11-19-17(21(27(26,31)25(32)38)13-1-7-16(34)8-2-13)9-10-18-20(19)23(36)33(22(18)35)15-5-3-14(29)4-6-15/h1-9,18-21,34H,10-12H2. The minimum absolute atomic E-state index is 0.0191. The minimum Gasteiger partial charge on any atom is -0.508 e. The Morgan fingerprint density at radius 1 is 0.921 bits per heavy atom. The molecule has 2 aromatic rings. The summed E-state index contributed by atoms with van der Waals surface area (Å²) >= 11 is 23.5. The molecular weight excluding hydrogens is 619 g/mol. The summed E-state index contributed by atoms with van der Waals surface area (Å²) in [6.45, 7) is 0. The minimum atomic E-state index is -1.87. The number of amides is 4. The number of likely N-dealkylation sites (tertiary alicyclic amines) is 1. The van der Waals surface area contributed by atoms with Gasteiger partial charge < -0.3 is 5.11 Å². The number of nitrogens with zero attached hydrogens (tertiary/aromatic N) is 2. The average Bonchev–Trinajstić information content (AvgIpc) is 3.23. The molecule has 11 heteroatoms. The van der Waals surface area contributed by atoms with Gasteiger partial charge in [-0.15, -0.1) is 23.2 Å². The van der Waals surface area contributed by atoms with Crippen molar-refractivity contribution in [2.24, 2.45) is 17.8 Å². The van der Waals surface area contributed by atoms with Gasteiger partial charge in [0.25, 0.3) is 11.8 Å². The number of phenolic OH excluding ortho intramolecular Hbond substituents is 1. The SMILES string of the molecule is O=C1C2CC=C3C(CC4(Cl)C(=O)N(CBr)C(=O)C4(Cl)C3c3ccc(O)cc3)C2C(=O)N1c1ccc(Cl)cc1. The monoisotopic (exact) mass is 636 g/mol. The molecule has 0 spiro atoms. The van der Waals surface area contributed by atoms with Crippen LogP contribution in [0.4, 0.5) is 5.69 Å². The third kappa shape index (κ3) is 3.27. The second kappa shape index (κ2) is 8.81. The van der Waals surface area contributed by atoms with Gasteiger partial charge in [0.15, 0.2) is 9.75 Å². The van der Waals surface area contributed by atoms with E-state index >= 15 is 0 Å². The number of hydrogen-bond donors (Lipinski definition) is 1. The fourth-order valence-electron chi connectivity index (χ4n) is 6.64. The number of anilines is 1. The Morgan fingerprint density at radius 3 is 2.21 bits per heavy atom. The molecule has 6 rings (SSSR count). The Balaban J connectivity index is 1.51. The molecule has 0 bridgehead atoms. The first kappa shape index (κ1) is 25.9. The van der Waals surface area contributed by atoms with Crippen LogP contribution in [-0.2, 0) is 19.2 Å². The van der Waals surface area contributed by atoms with Crippen LogP contribution in [-0.4, -0.2) is 48.8 Å². The third-order valence-electron chi connectivity index (χ3n) is 8.33. The Hall–Kier alpha value is -2.39. The molecule has 6 unspecified atom stereocenters. The average molecular weight is 639 g/mol. The van der Waals surface area contributed by atoms with Gasteiger partial charge in [0.2, 0.25) is 11.8 Å². The van der Waals surface area contributed by atoms with E-state index in [0.717, 1.165) is 4.90 Å². The second-order valence-corrected chi connectivity index (χ2v) is 12.2. The fourth-order valence-corrected chi connectivity index (χ4v) is 8.19. The number of alkyl halides is 3. The van der Waals surface area contributed by atoms with E-state index in [9.17, 15) is 24.3 Å². The van der Waals surface area contributed by atoms with Gasteiger partial charge in [0, 0.05) is 10.9 Å². The molecule has 2 saturated heterocycles. The van der Waals surface area contributed by atoms with Crippen molar-refractivity contribution in [1.29, 1.82) is 0 Å². The van der Waals surface area contributed by atoms with Crippen molar-refractivity contribution in [3.63, 3.8) is 0 Å². The number of carbonyl (C=O) groups is 4. The van der Waals surface area contributed by atoms with E-state index in [0.29, 0.717) is 21.8 Å². The lowest BCUT2D eigenvalue weighted by molar-refractivity contribution is -0.138. The first-order valence-corrected chi connectivity index (χ1v) is 14.2. The Kier molecular flexibility index (Phi) is 6.00. The molecule has 0 aromatic heterocycles. The predicted molar refractivity (Wildman–Crippen MR) is 145 cm³/mol. The molecule has 7 nitrogen and oxygen atoms in total. The highest BCUT2D eigenvalue weighted by Crippen LogP contribution is 2.65. The van der Waals surface area contributed by atoms with Gasteiger partial charge in [-0.1, -0.05) is 51.3 Å².